The first kappa shape index (κ1) is 19.9. The van der Waals surface area contributed by atoms with Gasteiger partial charge in [-0.05, 0) is 55.5 Å². The molecule has 0 saturated carbocycles. The lowest BCUT2D eigenvalue weighted by molar-refractivity contribution is 0.0600. The second-order valence-electron chi connectivity index (χ2n) is 6.40. The second kappa shape index (κ2) is 8.00. The summed E-state index contributed by atoms with van der Waals surface area (Å²) >= 11 is 3.33. The van der Waals surface area contributed by atoms with Crippen LogP contribution < -0.4 is 4.90 Å². The molecule has 0 N–H and O–H groups in total. The molecule has 1 heterocycles. The first-order chi connectivity index (χ1) is 12.8. The van der Waals surface area contributed by atoms with Crippen molar-refractivity contribution in [2.24, 2.45) is 0 Å². The van der Waals surface area contributed by atoms with Crippen molar-refractivity contribution in [2.45, 2.75) is 17.9 Å². The first-order valence-electron chi connectivity index (χ1n) is 8.53. The SMILES string of the molecule is COC(=O)c1ccc(N2CCN(S(=O)(=O)c3ccc(Br)cc3)C(C)C2)cc1. The number of halogens is 1. The fourth-order valence-electron chi connectivity index (χ4n) is 3.20. The Morgan fingerprint density at radius 2 is 1.70 bits per heavy atom. The lowest BCUT2D eigenvalue weighted by Gasteiger charge is -2.40. The van der Waals surface area contributed by atoms with Crippen LogP contribution in [0.1, 0.15) is 17.3 Å². The highest BCUT2D eigenvalue weighted by Crippen LogP contribution is 2.25. The molecule has 8 heteroatoms. The predicted octanol–water partition coefficient (Wildman–Crippen LogP) is 3.14. The zero-order chi connectivity index (χ0) is 19.6. The van der Waals surface area contributed by atoms with Crippen molar-refractivity contribution in [2.75, 3.05) is 31.6 Å². The molecule has 0 aliphatic carbocycles. The number of carbonyl (C=O) groups is 1. The minimum Gasteiger partial charge on any atom is -0.465 e. The van der Waals surface area contributed by atoms with Crippen LogP contribution in [0.3, 0.4) is 0 Å². The van der Waals surface area contributed by atoms with E-state index in [-0.39, 0.29) is 12.0 Å². The molecule has 1 fully saturated rings. The van der Waals surface area contributed by atoms with Crippen molar-refractivity contribution < 1.29 is 17.9 Å². The zero-order valence-corrected chi connectivity index (χ0v) is 17.5. The van der Waals surface area contributed by atoms with E-state index >= 15 is 0 Å². The largest absolute Gasteiger partial charge is 0.465 e. The molecule has 6 nitrogen and oxygen atoms in total. The molecule has 144 valence electrons. The zero-order valence-electron chi connectivity index (χ0n) is 15.1. The van der Waals surface area contributed by atoms with Crippen LogP contribution in [0.25, 0.3) is 0 Å². The number of methoxy groups -OCH3 is 1. The van der Waals surface area contributed by atoms with Gasteiger partial charge in [-0.15, -0.1) is 0 Å². The summed E-state index contributed by atoms with van der Waals surface area (Å²) in [5.74, 6) is -0.375. The number of nitrogens with zero attached hydrogens (tertiary/aromatic N) is 2. The van der Waals surface area contributed by atoms with E-state index in [1.54, 1.807) is 40.7 Å². The van der Waals surface area contributed by atoms with E-state index in [1.165, 1.54) is 7.11 Å². The molecule has 0 spiro atoms. The quantitative estimate of drug-likeness (QED) is 0.666. The molecule has 0 bridgehead atoms. The number of benzene rings is 2. The van der Waals surface area contributed by atoms with Gasteiger partial charge in [-0.3, -0.25) is 0 Å². The Morgan fingerprint density at radius 1 is 1.07 bits per heavy atom. The highest BCUT2D eigenvalue weighted by Gasteiger charge is 2.33. The molecule has 1 aliphatic heterocycles. The van der Waals surface area contributed by atoms with Crippen molar-refractivity contribution in [1.82, 2.24) is 4.31 Å². The molecule has 0 aromatic heterocycles. The van der Waals surface area contributed by atoms with Crippen LogP contribution in [0, 0.1) is 0 Å². The fourth-order valence-corrected chi connectivity index (χ4v) is 5.08. The van der Waals surface area contributed by atoms with Gasteiger partial charge < -0.3 is 9.64 Å². The van der Waals surface area contributed by atoms with Gasteiger partial charge in [0, 0.05) is 35.8 Å². The van der Waals surface area contributed by atoms with Gasteiger partial charge >= 0.3 is 5.97 Å². The number of hydrogen-bond acceptors (Lipinski definition) is 5. The maximum absolute atomic E-state index is 12.9. The molecule has 1 unspecified atom stereocenters. The minimum atomic E-state index is -3.53. The molecule has 1 atom stereocenters. The summed E-state index contributed by atoms with van der Waals surface area (Å²) in [6.07, 6.45) is 0. The van der Waals surface area contributed by atoms with E-state index in [2.05, 4.69) is 20.8 Å². The summed E-state index contributed by atoms with van der Waals surface area (Å²) in [7, 11) is -2.18. The van der Waals surface area contributed by atoms with Crippen LogP contribution in [0.15, 0.2) is 57.9 Å². The van der Waals surface area contributed by atoms with E-state index in [4.69, 9.17) is 4.74 Å². The van der Waals surface area contributed by atoms with Crippen molar-refractivity contribution in [3.8, 4) is 0 Å². The van der Waals surface area contributed by atoms with Crippen molar-refractivity contribution >= 4 is 37.6 Å². The molecular formula is C19H21BrN2O4S. The van der Waals surface area contributed by atoms with Crippen molar-refractivity contribution in [3.05, 3.63) is 58.6 Å². The Morgan fingerprint density at radius 3 is 2.26 bits per heavy atom. The van der Waals surface area contributed by atoms with Crippen LogP contribution >= 0.6 is 15.9 Å². The van der Waals surface area contributed by atoms with E-state index in [9.17, 15) is 13.2 Å². The maximum atomic E-state index is 12.9. The van der Waals surface area contributed by atoms with Gasteiger partial charge in [0.2, 0.25) is 10.0 Å². The fraction of sp³-hybridized carbons (Fsp3) is 0.316. The normalized spacial score (nSPS) is 18.3. The van der Waals surface area contributed by atoms with E-state index < -0.39 is 10.0 Å². The molecular weight excluding hydrogens is 432 g/mol. The molecule has 1 saturated heterocycles. The third-order valence-electron chi connectivity index (χ3n) is 4.64. The Balaban J connectivity index is 1.73. The molecule has 27 heavy (non-hydrogen) atoms. The summed E-state index contributed by atoms with van der Waals surface area (Å²) in [5, 5.41) is 0. The summed E-state index contributed by atoms with van der Waals surface area (Å²) in [4.78, 5) is 14.0. The standard InChI is InChI=1S/C19H21BrN2O4S/c1-14-13-21(17-7-3-15(4-8-17)19(23)26-2)11-12-22(14)27(24,25)18-9-5-16(20)6-10-18/h3-10,14H,11-13H2,1-2H3. The number of rotatable bonds is 4. The van der Waals surface area contributed by atoms with E-state index in [0.29, 0.717) is 30.1 Å². The third-order valence-corrected chi connectivity index (χ3v) is 7.20. The minimum absolute atomic E-state index is 0.173. The van der Waals surface area contributed by atoms with Gasteiger partial charge in [-0.25, -0.2) is 13.2 Å². The number of carbonyl (C=O) groups excluding carboxylic acids is 1. The van der Waals surface area contributed by atoms with Gasteiger partial charge in [0.05, 0.1) is 17.6 Å². The Labute approximate surface area is 167 Å². The lowest BCUT2D eigenvalue weighted by atomic mass is 10.1. The number of hydrogen-bond donors (Lipinski definition) is 0. The molecule has 0 radical (unpaired) electrons. The average Bonchev–Trinajstić information content (AvgIpc) is 2.67. The molecule has 1 aliphatic rings. The topological polar surface area (TPSA) is 66.9 Å². The highest BCUT2D eigenvalue weighted by atomic mass is 79.9. The Bertz CT molecular complexity index is 914. The summed E-state index contributed by atoms with van der Waals surface area (Å²) in [6, 6.07) is 13.7. The smallest absolute Gasteiger partial charge is 0.337 e. The van der Waals surface area contributed by atoms with E-state index in [0.717, 1.165) is 10.2 Å². The van der Waals surface area contributed by atoms with Crippen LogP contribution in [0.5, 0.6) is 0 Å². The number of sulfonamides is 1. The van der Waals surface area contributed by atoms with Gasteiger partial charge in [-0.1, -0.05) is 15.9 Å². The van der Waals surface area contributed by atoms with Gasteiger partial charge in [0.25, 0.3) is 0 Å². The molecule has 3 rings (SSSR count). The second-order valence-corrected chi connectivity index (χ2v) is 9.21. The number of anilines is 1. The number of esters is 1. The number of piperazine rings is 1. The van der Waals surface area contributed by atoms with Crippen molar-refractivity contribution in [3.63, 3.8) is 0 Å². The first-order valence-corrected chi connectivity index (χ1v) is 10.8. The molecule has 2 aromatic carbocycles. The highest BCUT2D eigenvalue weighted by molar-refractivity contribution is 9.10. The van der Waals surface area contributed by atoms with E-state index in [1.807, 2.05) is 19.1 Å². The summed E-state index contributed by atoms with van der Waals surface area (Å²) in [6.45, 7) is 3.47. The van der Waals surface area contributed by atoms with Gasteiger partial charge in [0.1, 0.15) is 0 Å². The summed E-state index contributed by atoms with van der Waals surface area (Å²) < 4.78 is 33.0. The average molecular weight is 453 g/mol. The number of ether oxygens (including phenoxy) is 1. The van der Waals surface area contributed by atoms with Crippen LogP contribution in [0.2, 0.25) is 0 Å². The van der Waals surface area contributed by atoms with Crippen LogP contribution in [0.4, 0.5) is 5.69 Å². The summed E-state index contributed by atoms with van der Waals surface area (Å²) in [5.41, 5.74) is 1.45. The molecule has 0 amide bonds. The van der Waals surface area contributed by atoms with Gasteiger partial charge in [-0.2, -0.15) is 4.31 Å². The predicted molar refractivity (Wildman–Crippen MR) is 107 cm³/mol. The Kier molecular flexibility index (Phi) is 5.88. The maximum Gasteiger partial charge on any atom is 0.337 e. The van der Waals surface area contributed by atoms with Crippen molar-refractivity contribution in [1.29, 1.82) is 0 Å². The Hall–Kier alpha value is -1.90. The monoisotopic (exact) mass is 452 g/mol. The third kappa shape index (κ3) is 4.17. The van der Waals surface area contributed by atoms with Crippen LogP contribution in [-0.4, -0.2) is 51.5 Å². The van der Waals surface area contributed by atoms with Crippen LogP contribution in [-0.2, 0) is 14.8 Å². The lowest BCUT2D eigenvalue weighted by Crippen LogP contribution is -2.54. The molecule has 2 aromatic rings. The van der Waals surface area contributed by atoms with Gasteiger partial charge in [0.15, 0.2) is 0 Å².